The molecule has 0 aliphatic rings. The van der Waals surface area contributed by atoms with E-state index in [1.807, 2.05) is 12.1 Å². The predicted octanol–water partition coefficient (Wildman–Crippen LogP) is 2.23. The van der Waals surface area contributed by atoms with Gasteiger partial charge in [-0.2, -0.15) is 0 Å². The number of hydrogen-bond acceptors (Lipinski definition) is 3. The lowest BCUT2D eigenvalue weighted by molar-refractivity contribution is 0.286. The third-order valence-electron chi connectivity index (χ3n) is 4.61. The average Bonchev–Trinajstić information content (AvgIpc) is 2.61. The van der Waals surface area contributed by atoms with E-state index in [-0.39, 0.29) is 11.2 Å². The third kappa shape index (κ3) is 5.31. The molecule has 0 unspecified atom stereocenters. The minimum absolute atomic E-state index is 0.246. The van der Waals surface area contributed by atoms with E-state index < -0.39 is 0 Å². The number of aryl methyl sites for hydroxylation is 1. The fourth-order valence-corrected chi connectivity index (χ4v) is 3.00. The highest BCUT2D eigenvalue weighted by Gasteiger charge is 2.08. The average molecular weight is 364 g/mol. The van der Waals surface area contributed by atoms with Crippen LogP contribution in [0.4, 0.5) is 0 Å². The predicted molar refractivity (Wildman–Crippen MR) is 103 cm³/mol. The van der Waals surface area contributed by atoms with E-state index in [0.29, 0.717) is 6.42 Å². The zero-order chi connectivity index (χ0) is 18.4. The Morgan fingerprint density at radius 3 is 2.32 bits per heavy atom. The van der Waals surface area contributed by atoms with Crippen molar-refractivity contribution in [3.8, 4) is 0 Å². The first-order valence-electron chi connectivity index (χ1n) is 8.65. The Labute approximate surface area is 153 Å². The molecule has 1 heterocycles. The fraction of sp³-hybridized carbons (Fsp3) is 0.474. The number of benzene rings is 1. The number of nitrogens with zero attached hydrogens (tertiary/aromatic N) is 3. The molecule has 136 valence electrons. The van der Waals surface area contributed by atoms with E-state index in [2.05, 4.69) is 24.0 Å². The van der Waals surface area contributed by atoms with E-state index in [1.165, 1.54) is 12.6 Å². The van der Waals surface area contributed by atoms with Gasteiger partial charge in [-0.15, -0.1) is 0 Å². The van der Waals surface area contributed by atoms with E-state index in [4.69, 9.17) is 11.6 Å². The Bertz CT molecular complexity index is 809. The van der Waals surface area contributed by atoms with Crippen LogP contribution in [0.15, 0.2) is 39.9 Å². The van der Waals surface area contributed by atoms with Crippen molar-refractivity contribution in [2.24, 2.45) is 14.1 Å². The van der Waals surface area contributed by atoms with Crippen LogP contribution in [-0.2, 0) is 26.9 Å². The Balaban J connectivity index is 1.89. The Morgan fingerprint density at radius 1 is 1.00 bits per heavy atom. The van der Waals surface area contributed by atoms with Gasteiger partial charge in [0.05, 0.1) is 0 Å². The van der Waals surface area contributed by atoms with Crippen molar-refractivity contribution >= 4 is 11.6 Å². The lowest BCUT2D eigenvalue weighted by atomic mass is 10.1. The van der Waals surface area contributed by atoms with Crippen LogP contribution in [0.1, 0.15) is 24.6 Å². The Kier molecular flexibility index (Phi) is 7.02. The van der Waals surface area contributed by atoms with E-state index in [1.54, 1.807) is 17.7 Å². The van der Waals surface area contributed by atoms with E-state index >= 15 is 0 Å². The summed E-state index contributed by atoms with van der Waals surface area (Å²) in [7, 11) is 3.22. The van der Waals surface area contributed by atoms with Gasteiger partial charge in [-0.25, -0.2) is 4.79 Å². The minimum atomic E-state index is -0.270. The fourth-order valence-electron chi connectivity index (χ4n) is 2.88. The lowest BCUT2D eigenvalue weighted by Gasteiger charge is -2.21. The maximum Gasteiger partial charge on any atom is 0.330 e. The first-order valence-corrected chi connectivity index (χ1v) is 9.03. The normalized spacial score (nSPS) is 11.2. The Hall–Kier alpha value is -1.85. The van der Waals surface area contributed by atoms with Crippen molar-refractivity contribution in [1.29, 1.82) is 0 Å². The van der Waals surface area contributed by atoms with Gasteiger partial charge in [-0.3, -0.25) is 9.36 Å². The van der Waals surface area contributed by atoms with Crippen molar-refractivity contribution in [2.75, 3.05) is 19.6 Å². The summed E-state index contributed by atoms with van der Waals surface area (Å²) in [5.41, 5.74) is 1.55. The van der Waals surface area contributed by atoms with Gasteiger partial charge in [0.2, 0.25) is 0 Å². The van der Waals surface area contributed by atoms with E-state index in [0.717, 1.165) is 47.8 Å². The van der Waals surface area contributed by atoms with Crippen molar-refractivity contribution in [3.05, 3.63) is 67.4 Å². The summed E-state index contributed by atoms with van der Waals surface area (Å²) in [5.74, 6) is 0. The molecule has 0 amide bonds. The molecule has 0 fully saturated rings. The van der Waals surface area contributed by atoms with Crippen LogP contribution in [0.25, 0.3) is 0 Å². The molecule has 2 rings (SSSR count). The molecular weight excluding hydrogens is 338 g/mol. The van der Waals surface area contributed by atoms with Crippen molar-refractivity contribution in [3.63, 3.8) is 0 Å². The lowest BCUT2D eigenvalue weighted by Crippen LogP contribution is -2.39. The Morgan fingerprint density at radius 2 is 1.68 bits per heavy atom. The van der Waals surface area contributed by atoms with Gasteiger partial charge < -0.3 is 9.47 Å². The monoisotopic (exact) mass is 363 g/mol. The van der Waals surface area contributed by atoms with Gasteiger partial charge in [0.15, 0.2) is 0 Å². The third-order valence-corrected chi connectivity index (χ3v) is 4.86. The minimum Gasteiger partial charge on any atom is -0.303 e. The number of rotatable bonds is 8. The van der Waals surface area contributed by atoms with Gasteiger partial charge in [0.25, 0.3) is 5.56 Å². The number of likely N-dealkylation sites (N-methyl/N-ethyl adjacent to an activating group) is 1. The van der Waals surface area contributed by atoms with Crippen molar-refractivity contribution < 1.29 is 0 Å². The second-order valence-corrected chi connectivity index (χ2v) is 6.73. The molecule has 0 saturated carbocycles. The van der Waals surface area contributed by atoms with Gasteiger partial charge in [0, 0.05) is 43.8 Å². The molecule has 5 nitrogen and oxygen atoms in total. The van der Waals surface area contributed by atoms with Crippen LogP contribution in [0.2, 0.25) is 5.02 Å². The van der Waals surface area contributed by atoms with Gasteiger partial charge >= 0.3 is 5.69 Å². The standard InChI is InChI=1S/C19H26ClN3O2/c1-4-23(12-5-6-15-7-9-16(20)10-8-15)13-11-17-14-18(24)22(3)19(25)21(17)2/h7-10,14H,4-6,11-13H2,1-3H3. The van der Waals surface area contributed by atoms with Crippen LogP contribution < -0.4 is 11.2 Å². The second-order valence-electron chi connectivity index (χ2n) is 6.29. The number of hydrogen-bond donors (Lipinski definition) is 0. The highest BCUT2D eigenvalue weighted by atomic mass is 35.5. The zero-order valence-corrected chi connectivity index (χ0v) is 15.9. The molecule has 0 aliphatic heterocycles. The smallest absolute Gasteiger partial charge is 0.303 e. The van der Waals surface area contributed by atoms with Crippen LogP contribution in [-0.4, -0.2) is 33.7 Å². The molecule has 25 heavy (non-hydrogen) atoms. The SMILES string of the molecule is CCN(CCCc1ccc(Cl)cc1)CCc1cc(=O)n(C)c(=O)n1C. The summed E-state index contributed by atoms with van der Waals surface area (Å²) in [4.78, 5) is 26.1. The van der Waals surface area contributed by atoms with Crippen LogP contribution in [0.3, 0.4) is 0 Å². The maximum absolute atomic E-state index is 12.0. The van der Waals surface area contributed by atoms with Gasteiger partial charge in [-0.05, 0) is 43.6 Å². The molecule has 0 spiro atoms. The molecule has 0 atom stereocenters. The molecule has 1 aromatic heterocycles. The molecule has 0 N–H and O–H groups in total. The maximum atomic E-state index is 12.0. The topological polar surface area (TPSA) is 47.2 Å². The molecule has 0 saturated heterocycles. The molecule has 6 heteroatoms. The van der Waals surface area contributed by atoms with Crippen LogP contribution in [0, 0.1) is 0 Å². The summed E-state index contributed by atoms with van der Waals surface area (Å²) in [5, 5.41) is 0.763. The summed E-state index contributed by atoms with van der Waals surface area (Å²) < 4.78 is 2.69. The van der Waals surface area contributed by atoms with Gasteiger partial charge in [-0.1, -0.05) is 30.7 Å². The van der Waals surface area contributed by atoms with Crippen molar-refractivity contribution in [1.82, 2.24) is 14.0 Å². The van der Waals surface area contributed by atoms with Crippen LogP contribution in [0.5, 0.6) is 0 Å². The first kappa shape index (κ1) is 19.5. The molecule has 0 aliphatic carbocycles. The highest BCUT2D eigenvalue weighted by molar-refractivity contribution is 6.30. The zero-order valence-electron chi connectivity index (χ0n) is 15.2. The van der Waals surface area contributed by atoms with Crippen molar-refractivity contribution in [2.45, 2.75) is 26.2 Å². The number of halogens is 1. The summed E-state index contributed by atoms with van der Waals surface area (Å²) in [6.45, 7) is 4.89. The van der Waals surface area contributed by atoms with Gasteiger partial charge in [0.1, 0.15) is 0 Å². The molecule has 0 radical (unpaired) electrons. The molecular formula is C19H26ClN3O2. The van der Waals surface area contributed by atoms with Crippen LogP contribution >= 0.6 is 11.6 Å². The van der Waals surface area contributed by atoms with E-state index in [9.17, 15) is 9.59 Å². The molecule has 2 aromatic rings. The summed E-state index contributed by atoms with van der Waals surface area (Å²) in [6, 6.07) is 9.53. The number of aromatic nitrogens is 2. The molecule has 1 aromatic carbocycles. The molecule has 0 bridgehead atoms. The largest absolute Gasteiger partial charge is 0.330 e. The highest BCUT2D eigenvalue weighted by Crippen LogP contribution is 2.11. The quantitative estimate of drug-likeness (QED) is 0.722. The second kappa shape index (κ2) is 9.02. The summed E-state index contributed by atoms with van der Waals surface area (Å²) in [6.07, 6.45) is 2.76. The first-order chi connectivity index (χ1) is 11.9. The summed E-state index contributed by atoms with van der Waals surface area (Å²) >= 11 is 5.91.